The molecule has 0 bridgehead atoms. The quantitative estimate of drug-likeness (QED) is 0.561. The Morgan fingerprint density at radius 1 is 1.41 bits per heavy atom. The Morgan fingerprint density at radius 2 is 2.09 bits per heavy atom. The Labute approximate surface area is 129 Å². The van der Waals surface area contributed by atoms with Crippen LogP contribution in [-0.4, -0.2) is 53.3 Å². The Bertz CT molecular complexity index is 484. The summed E-state index contributed by atoms with van der Waals surface area (Å²) in [5.74, 6) is -0.324. The molecule has 7 nitrogen and oxygen atoms in total. The highest BCUT2D eigenvalue weighted by molar-refractivity contribution is 5.73. The van der Waals surface area contributed by atoms with Crippen molar-refractivity contribution in [1.29, 1.82) is 0 Å². The molecule has 0 radical (unpaired) electrons. The van der Waals surface area contributed by atoms with E-state index in [4.69, 9.17) is 15.2 Å². The van der Waals surface area contributed by atoms with Crippen LogP contribution in [0.5, 0.6) is 0 Å². The summed E-state index contributed by atoms with van der Waals surface area (Å²) in [5, 5.41) is 22.1. The van der Waals surface area contributed by atoms with Crippen molar-refractivity contribution in [2.45, 2.75) is 44.1 Å². The van der Waals surface area contributed by atoms with Crippen LogP contribution in [-0.2, 0) is 20.9 Å². The zero-order chi connectivity index (χ0) is 16.1. The molecule has 1 fully saturated rings. The van der Waals surface area contributed by atoms with Crippen molar-refractivity contribution < 1.29 is 24.5 Å². The lowest BCUT2D eigenvalue weighted by molar-refractivity contribution is -0.247. The average Bonchev–Trinajstić information content (AvgIpc) is 2.52. The summed E-state index contributed by atoms with van der Waals surface area (Å²) in [5.41, 5.74) is 6.76. The van der Waals surface area contributed by atoms with Gasteiger partial charge >= 0.3 is 0 Å². The fraction of sp³-hybridized carbons (Fsp3) is 0.533. The van der Waals surface area contributed by atoms with Gasteiger partial charge in [0.25, 0.3) is 0 Å². The topological polar surface area (TPSA) is 114 Å². The van der Waals surface area contributed by atoms with Crippen LogP contribution in [0.4, 0.5) is 0 Å². The molecule has 1 unspecified atom stereocenters. The fourth-order valence-corrected chi connectivity index (χ4v) is 2.42. The van der Waals surface area contributed by atoms with E-state index >= 15 is 0 Å². The maximum atomic E-state index is 11.3. The minimum Gasteiger partial charge on any atom is -0.394 e. The van der Waals surface area contributed by atoms with Crippen LogP contribution in [0.25, 0.3) is 0 Å². The number of hydrogen-bond donors (Lipinski definition) is 4. The normalized spacial score (nSPS) is 31.7. The van der Waals surface area contributed by atoms with Gasteiger partial charge in [-0.3, -0.25) is 4.79 Å². The largest absolute Gasteiger partial charge is 0.394 e. The van der Waals surface area contributed by atoms with Gasteiger partial charge in [-0.1, -0.05) is 30.3 Å². The van der Waals surface area contributed by atoms with Gasteiger partial charge in [-0.15, -0.1) is 0 Å². The van der Waals surface area contributed by atoms with Crippen molar-refractivity contribution in [3.63, 3.8) is 0 Å². The molecule has 1 aliphatic heterocycles. The Balaban J connectivity index is 2.07. The van der Waals surface area contributed by atoms with E-state index in [1.807, 2.05) is 30.3 Å². The third kappa shape index (κ3) is 4.02. The van der Waals surface area contributed by atoms with E-state index < -0.39 is 30.6 Å². The van der Waals surface area contributed by atoms with Gasteiger partial charge in [-0.2, -0.15) is 0 Å². The average molecular weight is 310 g/mol. The second kappa shape index (κ2) is 7.66. The van der Waals surface area contributed by atoms with E-state index in [-0.39, 0.29) is 19.1 Å². The van der Waals surface area contributed by atoms with Gasteiger partial charge in [0.2, 0.25) is 5.91 Å². The third-order valence-electron chi connectivity index (χ3n) is 3.60. The monoisotopic (exact) mass is 310 g/mol. The molecule has 0 saturated carbocycles. The first-order valence-corrected chi connectivity index (χ1v) is 7.15. The van der Waals surface area contributed by atoms with E-state index in [1.54, 1.807) is 0 Å². The zero-order valence-corrected chi connectivity index (χ0v) is 12.4. The van der Waals surface area contributed by atoms with Gasteiger partial charge in [0.1, 0.15) is 12.1 Å². The Hall–Kier alpha value is -1.51. The van der Waals surface area contributed by atoms with Crippen LogP contribution in [0.1, 0.15) is 12.5 Å². The van der Waals surface area contributed by atoms with Crippen molar-refractivity contribution in [3.05, 3.63) is 35.9 Å². The van der Waals surface area contributed by atoms with Crippen molar-refractivity contribution in [2.24, 2.45) is 5.73 Å². The number of carbonyl (C=O) groups excluding carboxylic acids is 1. The number of hydrogen-bond acceptors (Lipinski definition) is 6. The highest BCUT2D eigenvalue weighted by Crippen LogP contribution is 2.22. The standard InChI is InChI=1S/C15H22N2O5/c1-9(19)17-13-14(20)12(16)11(7-18)22-15(13)21-8-10-5-3-2-4-6-10/h2-6,11-15,18,20H,7-8,16H2,1H3,(H,17,19)/t11-,12-,13-,14+,15?/m1/s1. The smallest absolute Gasteiger partial charge is 0.217 e. The van der Waals surface area contributed by atoms with E-state index in [0.29, 0.717) is 0 Å². The highest BCUT2D eigenvalue weighted by Gasteiger charge is 2.44. The lowest BCUT2D eigenvalue weighted by atomic mass is 9.95. The van der Waals surface area contributed by atoms with Crippen molar-refractivity contribution in [3.8, 4) is 0 Å². The SMILES string of the molecule is CC(=O)N[C@H]1C(OCc2ccccc2)O[C@H](CO)[C@@H](N)[C@@H]1O. The van der Waals surface area contributed by atoms with Crippen LogP contribution >= 0.6 is 0 Å². The molecular formula is C15H22N2O5. The van der Waals surface area contributed by atoms with Crippen molar-refractivity contribution >= 4 is 5.91 Å². The lowest BCUT2D eigenvalue weighted by Crippen LogP contribution is -2.67. The summed E-state index contributed by atoms with van der Waals surface area (Å²) < 4.78 is 11.3. The van der Waals surface area contributed by atoms with Crippen LogP contribution in [0.2, 0.25) is 0 Å². The number of nitrogens with two attached hydrogens (primary N) is 1. The summed E-state index contributed by atoms with van der Waals surface area (Å²) in [6.45, 7) is 1.25. The number of rotatable bonds is 5. The summed E-state index contributed by atoms with van der Waals surface area (Å²) in [6.07, 6.45) is -2.72. The van der Waals surface area contributed by atoms with Gasteiger partial charge in [-0.25, -0.2) is 0 Å². The predicted octanol–water partition coefficient (Wildman–Crippen LogP) is -0.887. The lowest BCUT2D eigenvalue weighted by Gasteiger charge is -2.42. The molecule has 0 aromatic heterocycles. The summed E-state index contributed by atoms with van der Waals surface area (Å²) >= 11 is 0. The predicted molar refractivity (Wildman–Crippen MR) is 78.6 cm³/mol. The number of ether oxygens (including phenoxy) is 2. The molecule has 5 N–H and O–H groups in total. The molecule has 7 heteroatoms. The maximum Gasteiger partial charge on any atom is 0.217 e. The molecule has 0 spiro atoms. The molecule has 1 saturated heterocycles. The zero-order valence-electron chi connectivity index (χ0n) is 12.4. The first-order chi connectivity index (χ1) is 10.5. The molecule has 5 atom stereocenters. The number of aliphatic hydroxyl groups is 2. The van der Waals surface area contributed by atoms with Gasteiger partial charge in [0.15, 0.2) is 6.29 Å². The molecule has 1 heterocycles. The fourth-order valence-electron chi connectivity index (χ4n) is 2.42. The summed E-state index contributed by atoms with van der Waals surface area (Å²) in [6, 6.07) is 7.84. The maximum absolute atomic E-state index is 11.3. The molecule has 1 aromatic rings. The third-order valence-corrected chi connectivity index (χ3v) is 3.60. The summed E-state index contributed by atoms with van der Waals surface area (Å²) in [4.78, 5) is 11.3. The van der Waals surface area contributed by atoms with E-state index in [1.165, 1.54) is 6.92 Å². The molecular weight excluding hydrogens is 288 g/mol. The Morgan fingerprint density at radius 3 is 2.68 bits per heavy atom. The molecule has 0 aliphatic carbocycles. The van der Waals surface area contributed by atoms with Gasteiger partial charge in [0.05, 0.1) is 25.4 Å². The minimum absolute atomic E-state index is 0.252. The van der Waals surface area contributed by atoms with Gasteiger partial charge in [0, 0.05) is 6.92 Å². The number of nitrogens with one attached hydrogen (secondary N) is 1. The van der Waals surface area contributed by atoms with Crippen LogP contribution in [0.3, 0.4) is 0 Å². The molecule has 1 amide bonds. The summed E-state index contributed by atoms with van der Waals surface area (Å²) in [7, 11) is 0. The second-order valence-electron chi connectivity index (χ2n) is 5.32. The number of benzene rings is 1. The molecule has 122 valence electrons. The van der Waals surface area contributed by atoms with Crippen LogP contribution in [0.15, 0.2) is 30.3 Å². The highest BCUT2D eigenvalue weighted by atomic mass is 16.7. The first-order valence-electron chi connectivity index (χ1n) is 7.15. The minimum atomic E-state index is -1.07. The van der Waals surface area contributed by atoms with E-state index in [9.17, 15) is 15.0 Å². The molecule has 22 heavy (non-hydrogen) atoms. The van der Waals surface area contributed by atoms with Gasteiger partial charge in [-0.05, 0) is 5.56 Å². The van der Waals surface area contributed by atoms with E-state index in [0.717, 1.165) is 5.56 Å². The van der Waals surface area contributed by atoms with Gasteiger partial charge < -0.3 is 30.7 Å². The van der Waals surface area contributed by atoms with Crippen LogP contribution in [0, 0.1) is 0 Å². The Kier molecular flexibility index (Phi) is 5.87. The second-order valence-corrected chi connectivity index (χ2v) is 5.32. The number of aliphatic hydroxyl groups excluding tert-OH is 2. The molecule has 1 aliphatic rings. The first kappa shape index (κ1) is 16.9. The number of amides is 1. The van der Waals surface area contributed by atoms with Crippen molar-refractivity contribution in [1.82, 2.24) is 5.32 Å². The van der Waals surface area contributed by atoms with E-state index in [2.05, 4.69) is 5.32 Å². The van der Waals surface area contributed by atoms with Crippen LogP contribution < -0.4 is 11.1 Å². The number of carbonyl (C=O) groups is 1. The molecule has 2 rings (SSSR count). The van der Waals surface area contributed by atoms with Crippen molar-refractivity contribution in [2.75, 3.05) is 6.61 Å². The molecule has 1 aromatic carbocycles.